The molecule has 0 bridgehead atoms. The highest BCUT2D eigenvalue weighted by atomic mass is 16.6. The first-order valence-electron chi connectivity index (χ1n) is 10.7. The van der Waals surface area contributed by atoms with Crippen LogP contribution in [0, 0.1) is 0 Å². The van der Waals surface area contributed by atoms with Crippen molar-refractivity contribution in [2.75, 3.05) is 6.61 Å². The van der Waals surface area contributed by atoms with E-state index in [4.69, 9.17) is 10.2 Å². The second-order valence-electron chi connectivity index (χ2n) is 6.98. The lowest BCUT2D eigenvalue weighted by atomic mass is 10.1. The Morgan fingerprint density at radius 3 is 1.56 bits per heavy atom. The molecule has 4 rings (SSSR count). The van der Waals surface area contributed by atoms with Gasteiger partial charge in [0.2, 0.25) is 0 Å². The fourth-order valence-electron chi connectivity index (χ4n) is 2.83. The van der Waals surface area contributed by atoms with Crippen LogP contribution in [0.1, 0.15) is 38.8 Å². The number of rotatable bonds is 3. The normalized spacial score (nSPS) is 11.7. The van der Waals surface area contributed by atoms with Crippen molar-refractivity contribution in [2.45, 2.75) is 40.4 Å². The van der Waals surface area contributed by atoms with E-state index in [2.05, 4.69) is 53.3 Å². The maximum absolute atomic E-state index is 9.86. The molecule has 4 heteroatoms. The van der Waals surface area contributed by atoms with E-state index in [0.29, 0.717) is 12.2 Å². The van der Waals surface area contributed by atoms with E-state index in [0.717, 1.165) is 6.42 Å². The lowest BCUT2D eigenvalue weighted by molar-refractivity contribution is -0.132. The first kappa shape index (κ1) is 26.8. The molecule has 32 heavy (non-hydrogen) atoms. The van der Waals surface area contributed by atoms with Crippen molar-refractivity contribution in [1.82, 2.24) is 0 Å². The van der Waals surface area contributed by atoms with Crippen molar-refractivity contribution in [3.05, 3.63) is 108 Å². The second kappa shape index (κ2) is 15.6. The molecule has 3 aromatic carbocycles. The number of fused-ring (bicyclic) bond motifs is 3. The largest absolute Gasteiger partial charge is 0.478 e. The molecule has 0 heterocycles. The molecule has 0 saturated heterocycles. The molecule has 0 radical (unpaired) electrons. The average Bonchev–Trinajstić information content (AvgIpc) is 3.19. The van der Waals surface area contributed by atoms with Gasteiger partial charge in [0.05, 0.1) is 0 Å². The van der Waals surface area contributed by atoms with Crippen LogP contribution < -0.4 is 0 Å². The van der Waals surface area contributed by atoms with Crippen molar-refractivity contribution >= 4 is 5.97 Å². The number of carboxylic acid groups (broad SMARTS) is 1. The number of aliphatic hydroxyl groups is 1. The SMILES string of the molecule is CC=C(C)C(=O)O.CCOC(C)O.c1ccc2c(c1)Cc1ccccc1-2.c1ccccc1. The number of aliphatic hydroxyl groups excluding tert-OH is 1. The highest BCUT2D eigenvalue weighted by Gasteiger charge is 2.15. The van der Waals surface area contributed by atoms with Gasteiger partial charge in [-0.15, -0.1) is 0 Å². The Kier molecular flexibility index (Phi) is 13.1. The minimum atomic E-state index is -0.845. The van der Waals surface area contributed by atoms with E-state index in [9.17, 15) is 4.79 Å². The molecule has 0 saturated carbocycles. The maximum atomic E-state index is 9.86. The Balaban J connectivity index is 0.000000232. The van der Waals surface area contributed by atoms with Gasteiger partial charge in [-0.25, -0.2) is 4.79 Å². The number of allylic oxidation sites excluding steroid dienone is 1. The Morgan fingerprint density at radius 2 is 1.31 bits per heavy atom. The zero-order valence-corrected chi connectivity index (χ0v) is 19.4. The highest BCUT2D eigenvalue weighted by molar-refractivity contribution is 5.85. The molecule has 3 aromatic rings. The van der Waals surface area contributed by atoms with Gasteiger partial charge in [-0.1, -0.05) is 91.0 Å². The molecule has 1 aliphatic carbocycles. The summed E-state index contributed by atoms with van der Waals surface area (Å²) in [5, 5.41) is 16.4. The standard InChI is InChI=1S/C13H10.C6H6.C5H8O2.C4H10O2/c1-3-7-12-10(5-1)9-11-6-2-4-8-13(11)12;1-2-4-6-5-3-1;1-3-4(2)5(6)7;1-3-6-4(2)5/h1-8H,9H2;1-6H;3H,1-2H3,(H,6,7);4-5H,3H2,1-2H3. The topological polar surface area (TPSA) is 66.8 Å². The van der Waals surface area contributed by atoms with Crippen LogP contribution in [0.2, 0.25) is 0 Å². The molecule has 0 amide bonds. The van der Waals surface area contributed by atoms with E-state index < -0.39 is 12.3 Å². The number of benzene rings is 3. The lowest BCUT2D eigenvalue weighted by Crippen LogP contribution is -2.04. The summed E-state index contributed by atoms with van der Waals surface area (Å²) in [6, 6.07) is 29.3. The van der Waals surface area contributed by atoms with Crippen molar-refractivity contribution in [1.29, 1.82) is 0 Å². The van der Waals surface area contributed by atoms with Gasteiger partial charge in [0.15, 0.2) is 6.29 Å². The average molecular weight is 435 g/mol. The molecular formula is C28H34O4. The minimum absolute atomic E-state index is 0.389. The Labute approximate surface area is 191 Å². The van der Waals surface area contributed by atoms with Crippen LogP contribution in [0.5, 0.6) is 0 Å². The minimum Gasteiger partial charge on any atom is -0.478 e. The molecule has 170 valence electrons. The zero-order chi connectivity index (χ0) is 23.8. The smallest absolute Gasteiger partial charge is 0.330 e. The Morgan fingerprint density at radius 1 is 0.906 bits per heavy atom. The van der Waals surface area contributed by atoms with Crippen LogP contribution in [-0.2, 0) is 16.0 Å². The number of carboxylic acids is 1. The molecule has 2 N–H and O–H groups in total. The van der Waals surface area contributed by atoms with Crippen molar-refractivity contribution in [2.24, 2.45) is 0 Å². The summed E-state index contributed by atoms with van der Waals surface area (Å²) in [7, 11) is 0. The van der Waals surface area contributed by atoms with Crippen LogP contribution in [0.25, 0.3) is 11.1 Å². The monoisotopic (exact) mass is 434 g/mol. The second-order valence-corrected chi connectivity index (χ2v) is 6.98. The summed E-state index contributed by atoms with van der Waals surface area (Å²) in [6.45, 7) is 7.26. The fraction of sp³-hybridized carbons (Fsp3) is 0.250. The van der Waals surface area contributed by atoms with Gasteiger partial charge in [-0.2, -0.15) is 0 Å². The van der Waals surface area contributed by atoms with E-state index in [-0.39, 0.29) is 0 Å². The Hall–Kier alpha value is -3.21. The lowest BCUT2D eigenvalue weighted by Gasteiger charge is -1.99. The predicted octanol–water partition coefficient (Wildman–Crippen LogP) is 6.34. The zero-order valence-electron chi connectivity index (χ0n) is 19.4. The van der Waals surface area contributed by atoms with Crippen LogP contribution in [0.15, 0.2) is 96.6 Å². The van der Waals surface area contributed by atoms with Gasteiger partial charge in [-0.05, 0) is 56.4 Å². The molecule has 0 aliphatic heterocycles. The van der Waals surface area contributed by atoms with E-state index in [1.54, 1.807) is 26.8 Å². The molecular weight excluding hydrogens is 400 g/mol. The summed E-state index contributed by atoms with van der Waals surface area (Å²) in [4.78, 5) is 9.86. The van der Waals surface area contributed by atoms with Gasteiger partial charge in [-0.3, -0.25) is 0 Å². The van der Waals surface area contributed by atoms with E-state index in [1.165, 1.54) is 22.3 Å². The molecule has 1 atom stereocenters. The van der Waals surface area contributed by atoms with Gasteiger partial charge >= 0.3 is 5.97 Å². The summed E-state index contributed by atoms with van der Waals surface area (Å²) < 4.78 is 4.60. The van der Waals surface area contributed by atoms with Crippen molar-refractivity contribution in [3.8, 4) is 11.1 Å². The van der Waals surface area contributed by atoms with E-state index in [1.807, 2.05) is 43.3 Å². The van der Waals surface area contributed by atoms with E-state index >= 15 is 0 Å². The number of aliphatic carboxylic acids is 1. The Bertz CT molecular complexity index is 876. The van der Waals surface area contributed by atoms with Crippen molar-refractivity contribution in [3.63, 3.8) is 0 Å². The van der Waals surface area contributed by atoms with Gasteiger partial charge in [0.25, 0.3) is 0 Å². The quantitative estimate of drug-likeness (QED) is 0.291. The van der Waals surface area contributed by atoms with Gasteiger partial charge in [0.1, 0.15) is 0 Å². The van der Waals surface area contributed by atoms with Gasteiger partial charge in [0, 0.05) is 12.2 Å². The summed E-state index contributed by atoms with van der Waals surface area (Å²) >= 11 is 0. The number of ether oxygens (including phenoxy) is 1. The fourth-order valence-corrected chi connectivity index (χ4v) is 2.83. The molecule has 0 spiro atoms. The van der Waals surface area contributed by atoms with Crippen LogP contribution >= 0.6 is 0 Å². The summed E-state index contributed by atoms with van der Waals surface area (Å²) in [5.41, 5.74) is 6.14. The van der Waals surface area contributed by atoms with Crippen LogP contribution in [-0.4, -0.2) is 29.1 Å². The third-order valence-corrected chi connectivity index (χ3v) is 4.55. The highest BCUT2D eigenvalue weighted by Crippen LogP contribution is 2.35. The van der Waals surface area contributed by atoms with Crippen molar-refractivity contribution < 1.29 is 19.7 Å². The van der Waals surface area contributed by atoms with Crippen LogP contribution in [0.3, 0.4) is 0 Å². The molecule has 0 fully saturated rings. The maximum Gasteiger partial charge on any atom is 0.330 e. The number of carbonyl (C=O) groups is 1. The third-order valence-electron chi connectivity index (χ3n) is 4.55. The third kappa shape index (κ3) is 10.2. The summed E-state index contributed by atoms with van der Waals surface area (Å²) in [6.07, 6.45) is 2.06. The molecule has 1 unspecified atom stereocenters. The molecule has 0 aromatic heterocycles. The molecule has 4 nitrogen and oxygen atoms in total. The number of hydrogen-bond donors (Lipinski definition) is 2. The summed E-state index contributed by atoms with van der Waals surface area (Å²) in [5.74, 6) is -0.845. The molecule has 1 aliphatic rings. The van der Waals surface area contributed by atoms with Crippen LogP contribution in [0.4, 0.5) is 0 Å². The predicted molar refractivity (Wildman–Crippen MR) is 131 cm³/mol. The first-order chi connectivity index (χ1) is 15.4. The number of hydrogen-bond acceptors (Lipinski definition) is 3. The van der Waals surface area contributed by atoms with Gasteiger partial charge < -0.3 is 14.9 Å². The first-order valence-corrected chi connectivity index (χ1v) is 10.7.